The van der Waals surface area contributed by atoms with Crippen LogP contribution in [0, 0.1) is 6.92 Å². The van der Waals surface area contributed by atoms with Crippen molar-refractivity contribution in [1.82, 2.24) is 14.5 Å². The second kappa shape index (κ2) is 6.68. The third kappa shape index (κ3) is 3.68. The van der Waals surface area contributed by atoms with Gasteiger partial charge in [0.05, 0.1) is 6.54 Å². The quantitative estimate of drug-likeness (QED) is 0.877. The Balaban J connectivity index is 1.86. The Bertz CT molecular complexity index is 547. The van der Waals surface area contributed by atoms with Crippen molar-refractivity contribution in [2.24, 2.45) is 12.8 Å². The minimum atomic E-state index is 0.0972. The number of nitrogens with two attached hydrogens (primary N) is 1. The third-order valence-corrected chi connectivity index (χ3v) is 3.74. The molecule has 1 aromatic heterocycles. The maximum absolute atomic E-state index is 6.30. The predicted molar refractivity (Wildman–Crippen MR) is 82.3 cm³/mol. The van der Waals surface area contributed by atoms with Gasteiger partial charge in [0.15, 0.2) is 0 Å². The van der Waals surface area contributed by atoms with Crippen molar-refractivity contribution in [2.45, 2.75) is 25.9 Å². The molecular weight excluding hydrogens is 248 g/mol. The molecule has 0 bridgehead atoms. The molecule has 0 spiro atoms. The van der Waals surface area contributed by atoms with Crippen LogP contribution in [0.25, 0.3) is 0 Å². The van der Waals surface area contributed by atoms with Gasteiger partial charge in [0.25, 0.3) is 0 Å². The molecule has 0 saturated carbocycles. The number of hydrogen-bond acceptors (Lipinski definition) is 3. The monoisotopic (exact) mass is 272 g/mol. The number of rotatable bonds is 6. The van der Waals surface area contributed by atoms with Crippen molar-refractivity contribution in [2.75, 3.05) is 13.6 Å². The summed E-state index contributed by atoms with van der Waals surface area (Å²) in [6.45, 7) is 3.93. The van der Waals surface area contributed by atoms with Gasteiger partial charge in [-0.2, -0.15) is 0 Å². The molecule has 2 N–H and O–H groups in total. The van der Waals surface area contributed by atoms with Gasteiger partial charge in [-0.15, -0.1) is 0 Å². The highest BCUT2D eigenvalue weighted by molar-refractivity contribution is 5.28. The van der Waals surface area contributed by atoms with Crippen LogP contribution in [0.1, 0.15) is 29.4 Å². The van der Waals surface area contributed by atoms with Gasteiger partial charge < -0.3 is 10.3 Å². The van der Waals surface area contributed by atoms with E-state index in [4.69, 9.17) is 5.73 Å². The molecular formula is C16H24N4. The van der Waals surface area contributed by atoms with Crippen LogP contribution in [0.2, 0.25) is 0 Å². The molecule has 4 nitrogen and oxygen atoms in total. The van der Waals surface area contributed by atoms with Gasteiger partial charge in [-0.05, 0) is 31.5 Å². The summed E-state index contributed by atoms with van der Waals surface area (Å²) < 4.78 is 2.05. The lowest BCUT2D eigenvalue weighted by Crippen LogP contribution is -2.25. The third-order valence-electron chi connectivity index (χ3n) is 3.74. The minimum Gasteiger partial charge on any atom is -0.337 e. The van der Waals surface area contributed by atoms with E-state index < -0.39 is 0 Å². The highest BCUT2D eigenvalue weighted by Gasteiger charge is 2.10. The molecule has 1 unspecified atom stereocenters. The van der Waals surface area contributed by atoms with Crippen LogP contribution in [0.3, 0.4) is 0 Å². The minimum absolute atomic E-state index is 0.0972. The fourth-order valence-corrected chi connectivity index (χ4v) is 2.39. The summed E-state index contributed by atoms with van der Waals surface area (Å²) in [5.74, 6) is 1.08. The second-order valence-corrected chi connectivity index (χ2v) is 5.44. The lowest BCUT2D eigenvalue weighted by Gasteiger charge is -2.20. The number of imidazole rings is 1. The van der Waals surface area contributed by atoms with Gasteiger partial charge in [0, 0.05) is 32.0 Å². The maximum Gasteiger partial charge on any atom is 0.122 e. The van der Waals surface area contributed by atoms with E-state index in [1.807, 2.05) is 19.4 Å². The molecule has 0 aliphatic rings. The summed E-state index contributed by atoms with van der Waals surface area (Å²) >= 11 is 0. The average Bonchev–Trinajstić information content (AvgIpc) is 2.82. The number of hydrogen-bond donors (Lipinski definition) is 1. The second-order valence-electron chi connectivity index (χ2n) is 5.44. The molecule has 0 radical (unpaired) electrons. The van der Waals surface area contributed by atoms with Crippen LogP contribution in [-0.4, -0.2) is 28.0 Å². The summed E-state index contributed by atoms with van der Waals surface area (Å²) in [7, 11) is 4.13. The fourth-order valence-electron chi connectivity index (χ4n) is 2.39. The highest BCUT2D eigenvalue weighted by atomic mass is 15.1. The van der Waals surface area contributed by atoms with Crippen LogP contribution >= 0.6 is 0 Å². The van der Waals surface area contributed by atoms with Crippen LogP contribution in [0.4, 0.5) is 0 Å². The zero-order valence-corrected chi connectivity index (χ0v) is 12.6. The molecule has 20 heavy (non-hydrogen) atoms. The molecule has 1 heterocycles. The molecule has 2 aromatic rings. The van der Waals surface area contributed by atoms with E-state index in [-0.39, 0.29) is 6.04 Å². The van der Waals surface area contributed by atoms with E-state index in [0.717, 1.165) is 25.3 Å². The van der Waals surface area contributed by atoms with Crippen molar-refractivity contribution < 1.29 is 0 Å². The van der Waals surface area contributed by atoms with E-state index in [0.29, 0.717) is 0 Å². The molecule has 1 aromatic carbocycles. The normalized spacial score (nSPS) is 12.8. The number of aryl methyl sites for hydroxylation is 2. The Kier molecular flexibility index (Phi) is 4.93. The van der Waals surface area contributed by atoms with Crippen LogP contribution in [0.15, 0.2) is 36.7 Å². The number of nitrogens with zero attached hydrogens (tertiary/aromatic N) is 3. The smallest absolute Gasteiger partial charge is 0.122 e. The molecule has 0 saturated heterocycles. The molecule has 2 rings (SSSR count). The lowest BCUT2D eigenvalue weighted by atomic mass is 9.99. The Morgan fingerprint density at radius 1 is 1.35 bits per heavy atom. The molecule has 0 aliphatic carbocycles. The van der Waals surface area contributed by atoms with E-state index >= 15 is 0 Å². The van der Waals surface area contributed by atoms with Crippen molar-refractivity contribution in [1.29, 1.82) is 0 Å². The first-order chi connectivity index (χ1) is 9.58. The molecule has 0 fully saturated rings. The first-order valence-electron chi connectivity index (χ1n) is 7.03. The largest absolute Gasteiger partial charge is 0.337 e. The molecule has 4 heteroatoms. The average molecular weight is 272 g/mol. The topological polar surface area (TPSA) is 47.1 Å². The summed E-state index contributed by atoms with van der Waals surface area (Å²) in [6, 6.07) is 8.45. The van der Waals surface area contributed by atoms with Crippen molar-refractivity contribution in [3.8, 4) is 0 Å². The van der Waals surface area contributed by atoms with Crippen molar-refractivity contribution in [3.05, 3.63) is 53.6 Å². The van der Waals surface area contributed by atoms with Gasteiger partial charge in [-0.1, -0.05) is 24.3 Å². The standard InChI is InChI=1S/C16H24N4/c1-13-6-4-5-7-14(13)15(17)8-10-19(2)12-16-18-9-11-20(16)3/h4-7,9,11,15H,8,10,12,17H2,1-3H3. The molecule has 1 atom stereocenters. The Morgan fingerprint density at radius 2 is 2.10 bits per heavy atom. The van der Waals surface area contributed by atoms with Crippen molar-refractivity contribution in [3.63, 3.8) is 0 Å². The van der Waals surface area contributed by atoms with Gasteiger partial charge >= 0.3 is 0 Å². The first-order valence-corrected chi connectivity index (χ1v) is 7.03. The van der Waals surface area contributed by atoms with Gasteiger partial charge in [0.1, 0.15) is 5.82 Å². The van der Waals surface area contributed by atoms with Gasteiger partial charge in [0.2, 0.25) is 0 Å². The van der Waals surface area contributed by atoms with Gasteiger partial charge in [-0.25, -0.2) is 4.98 Å². The van der Waals surface area contributed by atoms with E-state index in [9.17, 15) is 0 Å². The fraction of sp³-hybridized carbons (Fsp3) is 0.438. The Hall–Kier alpha value is -1.65. The van der Waals surface area contributed by atoms with Crippen LogP contribution in [-0.2, 0) is 13.6 Å². The predicted octanol–water partition coefficient (Wildman–Crippen LogP) is 2.25. The molecule has 108 valence electrons. The zero-order valence-electron chi connectivity index (χ0n) is 12.6. The summed E-state index contributed by atoms with van der Waals surface area (Å²) in [5.41, 5.74) is 8.82. The summed E-state index contributed by atoms with van der Waals surface area (Å²) in [5, 5.41) is 0. The lowest BCUT2D eigenvalue weighted by molar-refractivity contribution is 0.301. The SMILES string of the molecule is Cc1ccccc1C(N)CCN(C)Cc1nccn1C. The van der Waals surface area contributed by atoms with Crippen LogP contribution < -0.4 is 5.73 Å². The number of benzene rings is 1. The molecule has 0 aliphatic heterocycles. The van der Waals surface area contributed by atoms with E-state index in [1.165, 1.54) is 11.1 Å². The Morgan fingerprint density at radius 3 is 2.75 bits per heavy atom. The van der Waals surface area contributed by atoms with E-state index in [2.05, 4.69) is 52.7 Å². The zero-order chi connectivity index (χ0) is 14.5. The van der Waals surface area contributed by atoms with Crippen molar-refractivity contribution >= 4 is 0 Å². The maximum atomic E-state index is 6.30. The summed E-state index contributed by atoms with van der Waals surface area (Å²) in [6.07, 6.45) is 4.76. The Labute approximate surface area is 121 Å². The first kappa shape index (κ1) is 14.8. The van der Waals surface area contributed by atoms with Crippen LogP contribution in [0.5, 0.6) is 0 Å². The molecule has 0 amide bonds. The van der Waals surface area contributed by atoms with Gasteiger partial charge in [-0.3, -0.25) is 4.90 Å². The highest BCUT2D eigenvalue weighted by Crippen LogP contribution is 2.18. The number of aromatic nitrogens is 2. The van der Waals surface area contributed by atoms with E-state index in [1.54, 1.807) is 0 Å². The summed E-state index contributed by atoms with van der Waals surface area (Å²) in [4.78, 5) is 6.61.